The molecule has 1 fully saturated rings. The Morgan fingerprint density at radius 1 is 1.18 bits per heavy atom. The van der Waals surface area contributed by atoms with Gasteiger partial charge in [-0.1, -0.05) is 27.7 Å². The summed E-state index contributed by atoms with van der Waals surface area (Å²) in [5.41, 5.74) is 1.48. The molecule has 0 bridgehead atoms. The van der Waals surface area contributed by atoms with Crippen LogP contribution in [0.3, 0.4) is 0 Å². The molecular weight excluding hydrogens is 210 g/mol. The summed E-state index contributed by atoms with van der Waals surface area (Å²) >= 11 is 0. The van der Waals surface area contributed by atoms with Gasteiger partial charge in [-0.2, -0.15) is 0 Å². The molecule has 0 saturated carbocycles. The highest BCUT2D eigenvalue weighted by atomic mass is 15.3. The lowest BCUT2D eigenvalue weighted by Gasteiger charge is -2.29. The van der Waals surface area contributed by atoms with Crippen molar-refractivity contribution in [2.75, 3.05) is 18.0 Å². The van der Waals surface area contributed by atoms with Crippen LogP contribution in [0.2, 0.25) is 0 Å². The molecule has 94 valence electrons. The first kappa shape index (κ1) is 12.3. The Balaban J connectivity index is 2.14. The Hall–Kier alpha value is -1.12. The van der Waals surface area contributed by atoms with E-state index in [0.29, 0.717) is 17.3 Å². The van der Waals surface area contributed by atoms with Crippen molar-refractivity contribution in [2.24, 2.45) is 17.3 Å². The summed E-state index contributed by atoms with van der Waals surface area (Å²) in [5, 5.41) is 0. The van der Waals surface area contributed by atoms with Gasteiger partial charge < -0.3 is 4.90 Å². The number of aryl methyl sites for hydroxylation is 1. The molecule has 0 N–H and O–H groups in total. The third kappa shape index (κ3) is 2.59. The fraction of sp³-hybridized carbons (Fsp3) is 0.714. The third-order valence-corrected chi connectivity index (χ3v) is 3.77. The first-order valence-electron chi connectivity index (χ1n) is 6.41. The quantitative estimate of drug-likeness (QED) is 0.747. The van der Waals surface area contributed by atoms with Crippen molar-refractivity contribution in [1.82, 2.24) is 9.97 Å². The second-order valence-corrected chi connectivity index (χ2v) is 6.42. The van der Waals surface area contributed by atoms with E-state index >= 15 is 0 Å². The van der Waals surface area contributed by atoms with Crippen molar-refractivity contribution in [1.29, 1.82) is 0 Å². The van der Waals surface area contributed by atoms with Crippen LogP contribution < -0.4 is 4.90 Å². The van der Waals surface area contributed by atoms with E-state index in [0.717, 1.165) is 24.6 Å². The normalized spacial score (nSPS) is 25.4. The van der Waals surface area contributed by atoms with Gasteiger partial charge in [0.1, 0.15) is 0 Å². The highest BCUT2D eigenvalue weighted by Crippen LogP contribution is 2.38. The van der Waals surface area contributed by atoms with E-state index in [1.807, 2.05) is 19.3 Å². The van der Waals surface area contributed by atoms with Crippen LogP contribution in [0, 0.1) is 24.2 Å². The van der Waals surface area contributed by atoms with Gasteiger partial charge in [0, 0.05) is 25.5 Å². The molecule has 1 aromatic rings. The molecule has 2 unspecified atom stereocenters. The van der Waals surface area contributed by atoms with E-state index in [1.165, 1.54) is 0 Å². The topological polar surface area (TPSA) is 29.0 Å². The molecule has 2 heterocycles. The maximum absolute atomic E-state index is 4.43. The number of hydrogen-bond acceptors (Lipinski definition) is 3. The molecule has 17 heavy (non-hydrogen) atoms. The highest BCUT2D eigenvalue weighted by Gasteiger charge is 2.38. The Morgan fingerprint density at radius 3 is 2.24 bits per heavy atom. The molecular formula is C14H23N3. The van der Waals surface area contributed by atoms with E-state index in [2.05, 4.69) is 42.6 Å². The third-order valence-electron chi connectivity index (χ3n) is 3.77. The minimum Gasteiger partial charge on any atom is -0.340 e. The van der Waals surface area contributed by atoms with Crippen molar-refractivity contribution >= 4 is 5.95 Å². The second-order valence-electron chi connectivity index (χ2n) is 6.42. The lowest BCUT2D eigenvalue weighted by atomic mass is 9.76. The van der Waals surface area contributed by atoms with E-state index < -0.39 is 0 Å². The monoisotopic (exact) mass is 233 g/mol. The predicted octanol–water partition coefficient (Wildman–Crippen LogP) is 2.90. The van der Waals surface area contributed by atoms with Gasteiger partial charge in [-0.15, -0.1) is 0 Å². The first-order chi connectivity index (χ1) is 7.88. The van der Waals surface area contributed by atoms with Gasteiger partial charge in [0.15, 0.2) is 0 Å². The van der Waals surface area contributed by atoms with Crippen LogP contribution in [0.25, 0.3) is 0 Å². The predicted molar refractivity (Wildman–Crippen MR) is 71.1 cm³/mol. The molecule has 1 aliphatic heterocycles. The zero-order valence-electron chi connectivity index (χ0n) is 11.6. The summed E-state index contributed by atoms with van der Waals surface area (Å²) in [4.78, 5) is 11.2. The van der Waals surface area contributed by atoms with Crippen molar-refractivity contribution in [3.63, 3.8) is 0 Å². The van der Waals surface area contributed by atoms with Gasteiger partial charge in [0.05, 0.1) is 0 Å². The van der Waals surface area contributed by atoms with Crippen molar-refractivity contribution < 1.29 is 0 Å². The van der Waals surface area contributed by atoms with E-state index in [9.17, 15) is 0 Å². The SMILES string of the molecule is Cc1cnc(N2CC(C)C(C(C)(C)C)C2)nc1. The maximum atomic E-state index is 4.43. The van der Waals surface area contributed by atoms with Crippen LogP contribution in [0.1, 0.15) is 33.3 Å². The molecule has 1 aliphatic rings. The smallest absolute Gasteiger partial charge is 0.225 e. The van der Waals surface area contributed by atoms with Gasteiger partial charge in [-0.05, 0) is 29.7 Å². The van der Waals surface area contributed by atoms with Crippen LogP contribution in [0.4, 0.5) is 5.95 Å². The molecule has 0 spiro atoms. The fourth-order valence-corrected chi connectivity index (χ4v) is 2.81. The number of aromatic nitrogens is 2. The van der Waals surface area contributed by atoms with Crippen LogP contribution in [-0.4, -0.2) is 23.1 Å². The zero-order valence-corrected chi connectivity index (χ0v) is 11.6. The Labute approximate surface area is 104 Å². The maximum Gasteiger partial charge on any atom is 0.225 e. The Bertz CT molecular complexity index is 377. The number of rotatable bonds is 1. The Morgan fingerprint density at radius 2 is 1.76 bits per heavy atom. The number of anilines is 1. The minimum absolute atomic E-state index is 0.360. The summed E-state index contributed by atoms with van der Waals surface area (Å²) in [6, 6.07) is 0. The summed E-state index contributed by atoms with van der Waals surface area (Å²) in [5.74, 6) is 2.31. The summed E-state index contributed by atoms with van der Waals surface area (Å²) in [6.07, 6.45) is 3.80. The number of hydrogen-bond donors (Lipinski definition) is 0. The van der Waals surface area contributed by atoms with E-state index in [-0.39, 0.29) is 0 Å². The van der Waals surface area contributed by atoms with Gasteiger partial charge >= 0.3 is 0 Å². The summed E-state index contributed by atoms with van der Waals surface area (Å²) < 4.78 is 0. The zero-order chi connectivity index (χ0) is 12.6. The van der Waals surface area contributed by atoms with Crippen molar-refractivity contribution in [3.8, 4) is 0 Å². The van der Waals surface area contributed by atoms with E-state index in [1.54, 1.807) is 0 Å². The summed E-state index contributed by atoms with van der Waals surface area (Å²) in [7, 11) is 0. The summed E-state index contributed by atoms with van der Waals surface area (Å²) in [6.45, 7) is 13.5. The van der Waals surface area contributed by atoms with Crippen molar-refractivity contribution in [3.05, 3.63) is 18.0 Å². The van der Waals surface area contributed by atoms with Gasteiger partial charge in [-0.3, -0.25) is 0 Å². The molecule has 1 saturated heterocycles. The average molecular weight is 233 g/mol. The second kappa shape index (κ2) is 4.28. The molecule has 2 rings (SSSR count). The lowest BCUT2D eigenvalue weighted by Crippen LogP contribution is -2.27. The number of nitrogens with zero attached hydrogens (tertiary/aromatic N) is 3. The molecule has 0 amide bonds. The highest BCUT2D eigenvalue weighted by molar-refractivity contribution is 5.32. The van der Waals surface area contributed by atoms with Crippen molar-refractivity contribution in [2.45, 2.75) is 34.6 Å². The Kier molecular flexibility index (Phi) is 3.11. The lowest BCUT2D eigenvalue weighted by molar-refractivity contribution is 0.214. The van der Waals surface area contributed by atoms with Gasteiger partial charge in [0.2, 0.25) is 5.95 Å². The van der Waals surface area contributed by atoms with Gasteiger partial charge in [0.25, 0.3) is 0 Å². The molecule has 3 heteroatoms. The van der Waals surface area contributed by atoms with Crippen LogP contribution >= 0.6 is 0 Å². The fourth-order valence-electron chi connectivity index (χ4n) is 2.81. The van der Waals surface area contributed by atoms with Crippen LogP contribution in [0.5, 0.6) is 0 Å². The van der Waals surface area contributed by atoms with E-state index in [4.69, 9.17) is 0 Å². The van der Waals surface area contributed by atoms with Crippen LogP contribution in [-0.2, 0) is 0 Å². The standard InChI is InChI=1S/C14H23N3/c1-10-6-15-13(16-7-10)17-8-11(2)12(9-17)14(3,4)5/h6-7,11-12H,8-9H2,1-5H3. The first-order valence-corrected chi connectivity index (χ1v) is 6.41. The minimum atomic E-state index is 0.360. The molecule has 3 nitrogen and oxygen atoms in total. The average Bonchev–Trinajstić information content (AvgIpc) is 2.61. The molecule has 0 radical (unpaired) electrons. The van der Waals surface area contributed by atoms with Gasteiger partial charge in [-0.25, -0.2) is 9.97 Å². The van der Waals surface area contributed by atoms with Crippen LogP contribution in [0.15, 0.2) is 12.4 Å². The molecule has 0 aliphatic carbocycles. The largest absolute Gasteiger partial charge is 0.340 e. The molecule has 0 aromatic carbocycles. The molecule has 2 atom stereocenters. The molecule has 1 aromatic heterocycles.